The molecule has 78 valence electrons. The van der Waals surface area contributed by atoms with Gasteiger partial charge in [0.25, 0.3) is 0 Å². The van der Waals surface area contributed by atoms with Gasteiger partial charge in [0.15, 0.2) is 0 Å². The van der Waals surface area contributed by atoms with Crippen LogP contribution in [-0.2, 0) is 0 Å². The Kier molecular flexibility index (Phi) is 3.36. The summed E-state index contributed by atoms with van der Waals surface area (Å²) in [5, 5.41) is 12.6. The van der Waals surface area contributed by atoms with E-state index >= 15 is 0 Å². The summed E-state index contributed by atoms with van der Waals surface area (Å²) in [5.74, 6) is 0. The molecule has 2 heteroatoms. The van der Waals surface area contributed by atoms with Crippen molar-refractivity contribution >= 4 is 0 Å². The average Bonchev–Trinajstić information content (AvgIpc) is 2.85. The molecule has 0 aliphatic heterocycles. The van der Waals surface area contributed by atoms with Gasteiger partial charge in [-0.3, -0.25) is 0 Å². The normalized spacial score (nSPS) is 20.3. The Labute approximate surface area is 81.7 Å². The molecule has 13 heavy (non-hydrogen) atoms. The fourth-order valence-corrected chi connectivity index (χ4v) is 1.36. The molecule has 1 saturated carbocycles. The van der Waals surface area contributed by atoms with Crippen molar-refractivity contribution in [2.45, 2.75) is 40.0 Å². The van der Waals surface area contributed by atoms with Gasteiger partial charge in [-0.25, -0.2) is 0 Å². The molecule has 0 unspecified atom stereocenters. The van der Waals surface area contributed by atoms with Gasteiger partial charge in [-0.1, -0.05) is 20.8 Å². The van der Waals surface area contributed by atoms with Crippen molar-refractivity contribution < 1.29 is 5.11 Å². The molecule has 1 aliphatic rings. The van der Waals surface area contributed by atoms with Crippen LogP contribution in [0, 0.1) is 10.8 Å². The number of aliphatic hydroxyl groups excluding tert-OH is 1. The molecule has 0 heterocycles. The first-order valence-corrected chi connectivity index (χ1v) is 5.35. The quantitative estimate of drug-likeness (QED) is 0.661. The van der Waals surface area contributed by atoms with Crippen LogP contribution in [0.25, 0.3) is 0 Å². The van der Waals surface area contributed by atoms with E-state index in [1.807, 2.05) is 0 Å². The molecule has 0 bridgehead atoms. The summed E-state index contributed by atoms with van der Waals surface area (Å²) in [5.41, 5.74) is 0.648. The molecule has 0 radical (unpaired) electrons. The highest BCUT2D eigenvalue weighted by molar-refractivity contribution is 4.94. The van der Waals surface area contributed by atoms with Gasteiger partial charge >= 0.3 is 0 Å². The zero-order valence-electron chi connectivity index (χ0n) is 9.19. The summed E-state index contributed by atoms with van der Waals surface area (Å²) in [4.78, 5) is 0. The maximum Gasteiger partial charge on any atom is 0.0499 e. The molecular formula is C11H23NO. The number of nitrogens with one attached hydrogen (secondary N) is 1. The van der Waals surface area contributed by atoms with Gasteiger partial charge in [0.1, 0.15) is 0 Å². The van der Waals surface area contributed by atoms with E-state index in [1.54, 1.807) is 0 Å². The van der Waals surface area contributed by atoms with Gasteiger partial charge < -0.3 is 10.4 Å². The summed E-state index contributed by atoms with van der Waals surface area (Å²) in [7, 11) is 0. The van der Waals surface area contributed by atoms with Crippen LogP contribution in [0.5, 0.6) is 0 Å². The lowest BCUT2D eigenvalue weighted by molar-refractivity contribution is 0.201. The SMILES string of the molecule is CCC(C)(C)CNCC1(CO)CC1. The Bertz CT molecular complexity index is 155. The van der Waals surface area contributed by atoms with E-state index in [-0.39, 0.29) is 5.41 Å². The van der Waals surface area contributed by atoms with Crippen LogP contribution in [0.2, 0.25) is 0 Å². The van der Waals surface area contributed by atoms with Crippen molar-refractivity contribution in [2.24, 2.45) is 10.8 Å². The Hall–Kier alpha value is -0.0800. The van der Waals surface area contributed by atoms with E-state index in [0.717, 1.165) is 13.1 Å². The van der Waals surface area contributed by atoms with Crippen LogP contribution >= 0.6 is 0 Å². The first-order chi connectivity index (χ1) is 6.04. The van der Waals surface area contributed by atoms with Gasteiger partial charge in [0, 0.05) is 25.1 Å². The van der Waals surface area contributed by atoms with Crippen molar-refractivity contribution in [1.82, 2.24) is 5.32 Å². The monoisotopic (exact) mass is 185 g/mol. The molecule has 2 nitrogen and oxygen atoms in total. The van der Waals surface area contributed by atoms with E-state index < -0.39 is 0 Å². The minimum Gasteiger partial charge on any atom is -0.396 e. The van der Waals surface area contributed by atoms with Gasteiger partial charge in [-0.05, 0) is 24.7 Å². The molecule has 0 atom stereocenters. The number of hydrogen-bond acceptors (Lipinski definition) is 2. The van der Waals surface area contributed by atoms with Crippen LogP contribution in [-0.4, -0.2) is 24.8 Å². The topological polar surface area (TPSA) is 32.3 Å². The van der Waals surface area contributed by atoms with Crippen LogP contribution in [0.1, 0.15) is 40.0 Å². The molecule has 0 aromatic rings. The molecule has 1 aliphatic carbocycles. The minimum atomic E-state index is 0.254. The number of hydrogen-bond donors (Lipinski definition) is 2. The standard InChI is InChI=1S/C11H23NO/c1-4-10(2,3)7-12-8-11(9-13)5-6-11/h12-13H,4-9H2,1-3H3. The maximum atomic E-state index is 9.10. The Morgan fingerprint density at radius 2 is 2.00 bits per heavy atom. The summed E-state index contributed by atoms with van der Waals surface area (Å²) in [6.07, 6.45) is 3.60. The minimum absolute atomic E-state index is 0.254. The summed E-state index contributed by atoms with van der Waals surface area (Å²) in [6, 6.07) is 0. The lowest BCUT2D eigenvalue weighted by Crippen LogP contribution is -2.34. The molecule has 2 N–H and O–H groups in total. The largest absolute Gasteiger partial charge is 0.396 e. The van der Waals surface area contributed by atoms with E-state index in [9.17, 15) is 0 Å². The van der Waals surface area contributed by atoms with Gasteiger partial charge in [0.05, 0.1) is 0 Å². The lowest BCUT2D eigenvalue weighted by atomic mass is 9.90. The molecule has 0 aromatic carbocycles. The van der Waals surface area contributed by atoms with Gasteiger partial charge in [0.2, 0.25) is 0 Å². The van der Waals surface area contributed by atoms with Crippen molar-refractivity contribution in [3.63, 3.8) is 0 Å². The molecule has 1 fully saturated rings. The van der Waals surface area contributed by atoms with E-state index in [2.05, 4.69) is 26.1 Å². The predicted molar refractivity (Wildman–Crippen MR) is 55.7 cm³/mol. The van der Waals surface area contributed by atoms with Crippen molar-refractivity contribution in [3.05, 3.63) is 0 Å². The molecule has 0 amide bonds. The Balaban J connectivity index is 2.14. The molecule has 0 spiro atoms. The predicted octanol–water partition coefficient (Wildman–Crippen LogP) is 1.78. The van der Waals surface area contributed by atoms with Crippen LogP contribution in [0.4, 0.5) is 0 Å². The summed E-state index contributed by atoms with van der Waals surface area (Å²) < 4.78 is 0. The summed E-state index contributed by atoms with van der Waals surface area (Å²) in [6.45, 7) is 9.18. The van der Waals surface area contributed by atoms with Gasteiger partial charge in [-0.2, -0.15) is 0 Å². The number of rotatable bonds is 6. The fourth-order valence-electron chi connectivity index (χ4n) is 1.36. The highest BCUT2D eigenvalue weighted by atomic mass is 16.3. The highest BCUT2D eigenvalue weighted by Gasteiger charge is 2.41. The Morgan fingerprint density at radius 3 is 2.38 bits per heavy atom. The van der Waals surface area contributed by atoms with Gasteiger partial charge in [-0.15, -0.1) is 0 Å². The maximum absolute atomic E-state index is 9.10. The summed E-state index contributed by atoms with van der Waals surface area (Å²) >= 11 is 0. The molecule has 0 saturated heterocycles. The van der Waals surface area contributed by atoms with Crippen molar-refractivity contribution in [3.8, 4) is 0 Å². The smallest absolute Gasteiger partial charge is 0.0499 e. The zero-order valence-corrected chi connectivity index (χ0v) is 9.19. The second kappa shape index (κ2) is 3.97. The van der Waals surface area contributed by atoms with Crippen molar-refractivity contribution in [1.29, 1.82) is 0 Å². The third kappa shape index (κ3) is 3.28. The molecule has 1 rings (SSSR count). The third-order valence-electron chi connectivity index (χ3n) is 3.35. The fraction of sp³-hybridized carbons (Fsp3) is 1.00. The molecular weight excluding hydrogens is 162 g/mol. The first kappa shape index (κ1) is 11.0. The van der Waals surface area contributed by atoms with E-state index in [0.29, 0.717) is 12.0 Å². The van der Waals surface area contributed by atoms with Crippen LogP contribution < -0.4 is 5.32 Å². The number of aliphatic hydroxyl groups is 1. The van der Waals surface area contributed by atoms with Crippen molar-refractivity contribution in [2.75, 3.05) is 19.7 Å². The zero-order chi connectivity index (χ0) is 9.95. The molecule has 0 aromatic heterocycles. The lowest BCUT2D eigenvalue weighted by Gasteiger charge is -2.24. The average molecular weight is 185 g/mol. The third-order valence-corrected chi connectivity index (χ3v) is 3.35. The van der Waals surface area contributed by atoms with Crippen LogP contribution in [0.15, 0.2) is 0 Å². The Morgan fingerprint density at radius 1 is 1.38 bits per heavy atom. The van der Waals surface area contributed by atoms with E-state index in [4.69, 9.17) is 5.11 Å². The highest BCUT2D eigenvalue weighted by Crippen LogP contribution is 2.44. The van der Waals surface area contributed by atoms with E-state index in [1.165, 1.54) is 19.3 Å². The second-order valence-electron chi connectivity index (χ2n) is 5.28. The van der Waals surface area contributed by atoms with Crippen LogP contribution in [0.3, 0.4) is 0 Å². The second-order valence-corrected chi connectivity index (χ2v) is 5.28. The first-order valence-electron chi connectivity index (χ1n) is 5.35.